The highest BCUT2D eigenvalue weighted by molar-refractivity contribution is 8.13. The smallest absolute Gasteiger partial charge is 0.326 e. The first-order chi connectivity index (χ1) is 14.6. The molecular weight excluding hydrogens is 420 g/mol. The Kier molecular flexibility index (Phi) is 16.4. The Morgan fingerprint density at radius 1 is 1.13 bits per heavy atom. The predicted molar refractivity (Wildman–Crippen MR) is 123 cm³/mol. The Morgan fingerprint density at radius 2 is 1.81 bits per heavy atom. The van der Waals surface area contributed by atoms with E-state index in [1.165, 1.54) is 11.8 Å². The van der Waals surface area contributed by atoms with E-state index < -0.39 is 12.0 Å². The number of carboxylic acids is 1. The molecule has 0 aromatic carbocycles. The molecule has 9 nitrogen and oxygen atoms in total. The number of unbranched alkanes of at least 4 members (excludes halogenated alkanes) is 3. The zero-order valence-electron chi connectivity index (χ0n) is 18.7. The van der Waals surface area contributed by atoms with Crippen molar-refractivity contribution >= 4 is 41.0 Å². The van der Waals surface area contributed by atoms with E-state index in [0.717, 1.165) is 44.1 Å². The molecule has 0 bridgehead atoms. The van der Waals surface area contributed by atoms with Crippen LogP contribution in [0.5, 0.6) is 0 Å². The van der Waals surface area contributed by atoms with Crippen LogP contribution in [0.4, 0.5) is 0 Å². The summed E-state index contributed by atoms with van der Waals surface area (Å²) in [5.74, 6) is -0.474. The Bertz CT molecular complexity index is 588. The van der Waals surface area contributed by atoms with Crippen LogP contribution in [0.25, 0.3) is 0 Å². The molecule has 0 aliphatic carbocycles. The average Bonchev–Trinajstić information content (AvgIpc) is 2.69. The molecule has 0 rings (SSSR count). The summed E-state index contributed by atoms with van der Waals surface area (Å²) in [6.45, 7) is 3.82. The van der Waals surface area contributed by atoms with E-state index in [2.05, 4.69) is 10.6 Å². The van der Waals surface area contributed by atoms with Crippen molar-refractivity contribution in [2.75, 3.05) is 12.3 Å². The van der Waals surface area contributed by atoms with Crippen LogP contribution >= 0.6 is 11.8 Å². The van der Waals surface area contributed by atoms with Gasteiger partial charge in [0.15, 0.2) is 11.1 Å². The van der Waals surface area contributed by atoms with Gasteiger partial charge in [-0.15, -0.1) is 0 Å². The third-order valence-electron chi connectivity index (χ3n) is 4.84. The molecular formula is C21H38N4O5S. The van der Waals surface area contributed by atoms with Crippen molar-refractivity contribution < 1.29 is 24.3 Å². The molecule has 0 saturated heterocycles. The van der Waals surface area contributed by atoms with Crippen LogP contribution < -0.4 is 16.4 Å². The van der Waals surface area contributed by atoms with Crippen molar-refractivity contribution in [3.05, 3.63) is 0 Å². The summed E-state index contributed by atoms with van der Waals surface area (Å²) < 4.78 is 0. The Balaban J connectivity index is 4.09. The van der Waals surface area contributed by atoms with Gasteiger partial charge in [0.2, 0.25) is 5.91 Å². The largest absolute Gasteiger partial charge is 0.480 e. The first-order valence-electron chi connectivity index (χ1n) is 10.8. The highest BCUT2D eigenvalue weighted by Crippen LogP contribution is 2.23. The molecule has 0 aromatic rings. The lowest BCUT2D eigenvalue weighted by molar-refractivity contribution is -0.142. The number of carbonyl (C=O) groups is 4. The van der Waals surface area contributed by atoms with Crippen LogP contribution in [0, 0.1) is 17.2 Å². The van der Waals surface area contributed by atoms with E-state index in [0.29, 0.717) is 25.3 Å². The van der Waals surface area contributed by atoms with Crippen LogP contribution in [0.3, 0.4) is 0 Å². The molecule has 10 heteroatoms. The normalized spacial score (nSPS) is 13.6. The number of carbonyl (C=O) groups excluding carboxylic acids is 3. The van der Waals surface area contributed by atoms with Crippen molar-refractivity contribution in [3.8, 4) is 0 Å². The number of carboxylic acid groups (broad SMARTS) is 1. The molecule has 0 saturated carbocycles. The summed E-state index contributed by atoms with van der Waals surface area (Å²) in [7, 11) is 0. The average molecular weight is 459 g/mol. The zero-order valence-corrected chi connectivity index (χ0v) is 19.5. The topological polar surface area (TPSA) is 162 Å². The Labute approximate surface area is 189 Å². The maximum Gasteiger partial charge on any atom is 0.326 e. The number of nitrogens with one attached hydrogen (secondary N) is 3. The van der Waals surface area contributed by atoms with Crippen LogP contribution in [-0.2, 0) is 19.2 Å². The van der Waals surface area contributed by atoms with Gasteiger partial charge in [-0.25, -0.2) is 4.79 Å². The molecule has 0 radical (unpaired) electrons. The second-order valence-corrected chi connectivity index (χ2v) is 9.11. The molecule has 0 heterocycles. The maximum absolute atomic E-state index is 12.0. The van der Waals surface area contributed by atoms with Gasteiger partial charge in [-0.1, -0.05) is 37.9 Å². The van der Waals surface area contributed by atoms with E-state index in [4.69, 9.17) is 11.1 Å². The van der Waals surface area contributed by atoms with Crippen LogP contribution in [0.15, 0.2) is 0 Å². The Hall–Kier alpha value is -2.10. The molecule has 0 aromatic heterocycles. The quantitative estimate of drug-likeness (QED) is 0.0904. The molecule has 6 N–H and O–H groups in total. The second-order valence-electron chi connectivity index (χ2n) is 7.91. The van der Waals surface area contributed by atoms with Gasteiger partial charge in [0, 0.05) is 31.6 Å². The molecule has 0 spiro atoms. The van der Waals surface area contributed by atoms with Crippen molar-refractivity contribution in [1.82, 2.24) is 10.6 Å². The van der Waals surface area contributed by atoms with E-state index in [1.807, 2.05) is 6.92 Å². The molecule has 0 aliphatic heterocycles. The van der Waals surface area contributed by atoms with Crippen molar-refractivity contribution in [2.24, 2.45) is 17.6 Å². The number of rotatable bonds is 18. The van der Waals surface area contributed by atoms with Crippen molar-refractivity contribution in [1.29, 1.82) is 5.41 Å². The SMILES string of the molecule is CC(=O)SCC(CCCCCCC(=O)N[C@@H](CCCNC(=N)N)C(=O)O)CC(C)C=O. The van der Waals surface area contributed by atoms with Crippen LogP contribution in [0.1, 0.15) is 71.6 Å². The van der Waals surface area contributed by atoms with Crippen LogP contribution in [0.2, 0.25) is 0 Å². The summed E-state index contributed by atoms with van der Waals surface area (Å²) in [6, 6.07) is -0.944. The molecule has 0 fully saturated rings. The number of nitrogens with two attached hydrogens (primary N) is 1. The fourth-order valence-corrected chi connectivity index (χ4v) is 3.98. The van der Waals surface area contributed by atoms with E-state index in [1.54, 1.807) is 6.92 Å². The summed E-state index contributed by atoms with van der Waals surface area (Å²) in [4.78, 5) is 45.4. The number of guanidine groups is 1. The third-order valence-corrected chi connectivity index (χ3v) is 5.89. The number of thioether (sulfide) groups is 1. The van der Waals surface area contributed by atoms with Gasteiger partial charge in [0.1, 0.15) is 12.3 Å². The van der Waals surface area contributed by atoms with Gasteiger partial charge in [-0.3, -0.25) is 15.0 Å². The molecule has 3 atom stereocenters. The molecule has 1 amide bonds. The lowest BCUT2D eigenvalue weighted by Crippen LogP contribution is -2.41. The monoisotopic (exact) mass is 458 g/mol. The fraction of sp³-hybridized carbons (Fsp3) is 0.762. The standard InChI is InChI=1S/C21H38N4O5S/c1-15(13-26)12-17(14-31-16(2)27)8-5-3-4-6-10-19(28)25-18(20(29)30)9-7-11-24-21(22)23/h13,15,17-18H,3-12,14H2,1-2H3,(H,25,28)(H,29,30)(H4,22,23,24)/t15?,17?,18-/m0/s1. The lowest BCUT2D eigenvalue weighted by atomic mass is 9.93. The summed E-state index contributed by atoms with van der Waals surface area (Å²) in [5, 5.41) is 21.5. The minimum Gasteiger partial charge on any atom is -0.480 e. The fourth-order valence-electron chi connectivity index (χ4n) is 3.21. The summed E-state index contributed by atoms with van der Waals surface area (Å²) in [5.41, 5.74) is 5.17. The van der Waals surface area contributed by atoms with Crippen LogP contribution in [-0.4, -0.2) is 52.7 Å². The zero-order chi connectivity index (χ0) is 23.6. The summed E-state index contributed by atoms with van der Waals surface area (Å²) >= 11 is 1.30. The van der Waals surface area contributed by atoms with Crippen molar-refractivity contribution in [2.45, 2.75) is 77.7 Å². The maximum atomic E-state index is 12.0. The van der Waals surface area contributed by atoms with Gasteiger partial charge in [0.05, 0.1) is 0 Å². The van der Waals surface area contributed by atoms with Gasteiger partial charge < -0.3 is 26.3 Å². The highest BCUT2D eigenvalue weighted by Gasteiger charge is 2.19. The minimum atomic E-state index is -1.07. The van der Waals surface area contributed by atoms with E-state index in [9.17, 15) is 24.3 Å². The molecule has 178 valence electrons. The number of hydrogen-bond acceptors (Lipinski definition) is 6. The molecule has 0 aliphatic rings. The Morgan fingerprint density at radius 3 is 2.39 bits per heavy atom. The van der Waals surface area contributed by atoms with Gasteiger partial charge >= 0.3 is 5.97 Å². The minimum absolute atomic E-state index is 0.0123. The van der Waals surface area contributed by atoms with Crippen molar-refractivity contribution in [3.63, 3.8) is 0 Å². The summed E-state index contributed by atoms with van der Waals surface area (Å²) in [6.07, 6.45) is 7.16. The predicted octanol–water partition coefficient (Wildman–Crippen LogP) is 2.28. The third kappa shape index (κ3) is 17.3. The van der Waals surface area contributed by atoms with Gasteiger partial charge in [-0.2, -0.15) is 0 Å². The van der Waals surface area contributed by atoms with E-state index in [-0.39, 0.29) is 35.7 Å². The number of aliphatic carboxylic acids is 1. The van der Waals surface area contributed by atoms with Gasteiger partial charge in [0.25, 0.3) is 0 Å². The first-order valence-corrected chi connectivity index (χ1v) is 11.8. The lowest BCUT2D eigenvalue weighted by Gasteiger charge is -2.17. The number of amides is 1. The molecule has 2 unspecified atom stereocenters. The highest BCUT2D eigenvalue weighted by atomic mass is 32.2. The van der Waals surface area contributed by atoms with E-state index >= 15 is 0 Å². The first kappa shape index (κ1) is 28.9. The number of aldehydes is 1. The van der Waals surface area contributed by atoms with Gasteiger partial charge in [-0.05, 0) is 38.0 Å². The molecule has 31 heavy (non-hydrogen) atoms. The number of hydrogen-bond donors (Lipinski definition) is 5. The second kappa shape index (κ2) is 17.6.